The maximum absolute atomic E-state index is 13.1. The van der Waals surface area contributed by atoms with E-state index in [1.54, 1.807) is 0 Å². The summed E-state index contributed by atoms with van der Waals surface area (Å²) in [6, 6.07) is 1.01. The van der Waals surface area contributed by atoms with Crippen LogP contribution < -0.4 is 5.73 Å². The molecule has 1 atom stereocenters. The number of alkyl halides is 3. The fourth-order valence-electron chi connectivity index (χ4n) is 2.58. The molecule has 20 heavy (non-hydrogen) atoms. The van der Waals surface area contributed by atoms with Gasteiger partial charge < -0.3 is 10.6 Å². The highest BCUT2D eigenvalue weighted by Crippen LogP contribution is 2.39. The van der Waals surface area contributed by atoms with E-state index >= 15 is 0 Å². The van der Waals surface area contributed by atoms with Crippen LogP contribution in [0.2, 0.25) is 0 Å². The summed E-state index contributed by atoms with van der Waals surface area (Å²) in [5.74, 6) is -0.956. The van der Waals surface area contributed by atoms with E-state index in [9.17, 15) is 22.4 Å². The van der Waals surface area contributed by atoms with Crippen molar-refractivity contribution in [2.45, 2.75) is 31.5 Å². The molecule has 0 aromatic heterocycles. The summed E-state index contributed by atoms with van der Waals surface area (Å²) in [6.45, 7) is 0.314. The molecule has 2 amide bonds. The third-order valence-corrected chi connectivity index (χ3v) is 3.47. The second kappa shape index (κ2) is 5.30. The van der Waals surface area contributed by atoms with Crippen molar-refractivity contribution in [3.05, 3.63) is 35.1 Å². The van der Waals surface area contributed by atoms with Gasteiger partial charge in [0, 0.05) is 6.54 Å². The number of rotatable bonds is 1. The van der Waals surface area contributed by atoms with Gasteiger partial charge >= 0.3 is 12.2 Å². The monoisotopic (exact) mass is 290 g/mol. The highest BCUT2D eigenvalue weighted by molar-refractivity contribution is 5.72. The number of amides is 2. The van der Waals surface area contributed by atoms with Gasteiger partial charge in [-0.05, 0) is 37.0 Å². The molecule has 0 aliphatic carbocycles. The van der Waals surface area contributed by atoms with Gasteiger partial charge in [0.1, 0.15) is 5.82 Å². The molecule has 3 nitrogen and oxygen atoms in total. The minimum Gasteiger partial charge on any atom is -0.351 e. The van der Waals surface area contributed by atoms with Gasteiger partial charge in [0.25, 0.3) is 0 Å². The van der Waals surface area contributed by atoms with E-state index in [0.29, 0.717) is 31.9 Å². The van der Waals surface area contributed by atoms with Crippen LogP contribution >= 0.6 is 0 Å². The Morgan fingerprint density at radius 3 is 2.60 bits per heavy atom. The Morgan fingerprint density at radius 1 is 1.30 bits per heavy atom. The van der Waals surface area contributed by atoms with Crippen LogP contribution in [0.25, 0.3) is 0 Å². The summed E-state index contributed by atoms with van der Waals surface area (Å²) in [5.41, 5.74) is 4.07. The SMILES string of the molecule is NC(=O)N1CCCCC1c1ccc(F)cc1C(F)(F)F. The molecule has 1 saturated heterocycles. The molecular formula is C13H14F4N2O. The van der Waals surface area contributed by atoms with Gasteiger partial charge in [-0.3, -0.25) is 0 Å². The van der Waals surface area contributed by atoms with Crippen LogP contribution in [-0.4, -0.2) is 17.5 Å². The summed E-state index contributed by atoms with van der Waals surface area (Å²) in [5, 5.41) is 0. The van der Waals surface area contributed by atoms with Crippen LogP contribution in [0, 0.1) is 5.82 Å². The Kier molecular flexibility index (Phi) is 3.87. The number of hydrogen-bond acceptors (Lipinski definition) is 1. The number of nitrogens with two attached hydrogens (primary N) is 1. The van der Waals surface area contributed by atoms with Crippen LogP contribution in [0.3, 0.4) is 0 Å². The number of likely N-dealkylation sites (tertiary alicyclic amines) is 1. The van der Waals surface area contributed by atoms with Crippen molar-refractivity contribution in [1.82, 2.24) is 4.90 Å². The van der Waals surface area contributed by atoms with E-state index in [1.807, 2.05) is 0 Å². The van der Waals surface area contributed by atoms with Crippen LogP contribution in [0.5, 0.6) is 0 Å². The lowest BCUT2D eigenvalue weighted by Crippen LogP contribution is -2.42. The van der Waals surface area contributed by atoms with Crippen molar-refractivity contribution >= 4 is 6.03 Å². The average molecular weight is 290 g/mol. The maximum Gasteiger partial charge on any atom is 0.416 e. The predicted molar refractivity (Wildman–Crippen MR) is 64.3 cm³/mol. The largest absolute Gasteiger partial charge is 0.416 e. The highest BCUT2D eigenvalue weighted by Gasteiger charge is 2.38. The number of benzene rings is 1. The molecule has 1 fully saturated rings. The second-order valence-corrected chi connectivity index (χ2v) is 4.77. The molecule has 110 valence electrons. The minimum absolute atomic E-state index is 0.0996. The lowest BCUT2D eigenvalue weighted by atomic mass is 9.91. The summed E-state index contributed by atoms with van der Waals surface area (Å²) in [7, 11) is 0. The first kappa shape index (κ1) is 14.6. The Labute approximate surface area is 113 Å². The third kappa shape index (κ3) is 2.86. The summed E-state index contributed by atoms with van der Waals surface area (Å²) >= 11 is 0. The number of halogens is 4. The van der Waals surface area contributed by atoms with Crippen molar-refractivity contribution in [3.8, 4) is 0 Å². The Hall–Kier alpha value is -1.79. The Bertz CT molecular complexity index is 516. The number of carbonyl (C=O) groups excluding carboxylic acids is 1. The molecule has 1 unspecified atom stereocenters. The Balaban J connectivity index is 2.47. The summed E-state index contributed by atoms with van der Waals surface area (Å²) in [4.78, 5) is 12.6. The van der Waals surface area contributed by atoms with Gasteiger partial charge in [0.05, 0.1) is 11.6 Å². The van der Waals surface area contributed by atoms with Gasteiger partial charge in [-0.15, -0.1) is 0 Å². The molecule has 0 spiro atoms. The number of primary amides is 1. The molecule has 1 aromatic rings. The van der Waals surface area contributed by atoms with E-state index in [-0.39, 0.29) is 5.56 Å². The normalized spacial score (nSPS) is 20.0. The van der Waals surface area contributed by atoms with E-state index in [0.717, 1.165) is 12.1 Å². The number of nitrogens with zero attached hydrogens (tertiary/aromatic N) is 1. The van der Waals surface area contributed by atoms with Crippen molar-refractivity contribution in [2.75, 3.05) is 6.54 Å². The molecule has 7 heteroatoms. The van der Waals surface area contributed by atoms with Crippen molar-refractivity contribution in [1.29, 1.82) is 0 Å². The zero-order valence-corrected chi connectivity index (χ0v) is 10.6. The molecule has 1 aromatic carbocycles. The van der Waals surface area contributed by atoms with Crippen LogP contribution in [0.1, 0.15) is 36.4 Å². The van der Waals surface area contributed by atoms with Gasteiger partial charge in [-0.25, -0.2) is 9.18 Å². The first-order valence-corrected chi connectivity index (χ1v) is 6.23. The molecule has 0 bridgehead atoms. The van der Waals surface area contributed by atoms with E-state index in [4.69, 9.17) is 5.73 Å². The molecule has 1 heterocycles. The molecule has 0 saturated carbocycles. The molecule has 1 aliphatic heterocycles. The van der Waals surface area contributed by atoms with Gasteiger partial charge in [0.15, 0.2) is 0 Å². The lowest BCUT2D eigenvalue weighted by Gasteiger charge is -2.36. The average Bonchev–Trinajstić information content (AvgIpc) is 2.37. The fourth-order valence-corrected chi connectivity index (χ4v) is 2.58. The van der Waals surface area contributed by atoms with Crippen LogP contribution in [-0.2, 0) is 6.18 Å². The quantitative estimate of drug-likeness (QED) is 0.791. The highest BCUT2D eigenvalue weighted by atomic mass is 19.4. The summed E-state index contributed by atoms with van der Waals surface area (Å²) < 4.78 is 52.1. The first-order valence-electron chi connectivity index (χ1n) is 6.23. The molecule has 0 radical (unpaired) electrons. The maximum atomic E-state index is 13.1. The first-order chi connectivity index (χ1) is 9.30. The minimum atomic E-state index is -4.67. The number of urea groups is 1. The predicted octanol–water partition coefficient (Wildman–Crippen LogP) is 3.45. The van der Waals surface area contributed by atoms with Crippen molar-refractivity contribution in [2.24, 2.45) is 5.73 Å². The van der Waals surface area contributed by atoms with Gasteiger partial charge in [-0.1, -0.05) is 6.07 Å². The number of hydrogen-bond donors (Lipinski definition) is 1. The zero-order chi connectivity index (χ0) is 14.9. The molecule has 2 rings (SSSR count). The van der Waals surface area contributed by atoms with E-state index in [2.05, 4.69) is 0 Å². The van der Waals surface area contributed by atoms with Crippen LogP contribution in [0.4, 0.5) is 22.4 Å². The molecule has 1 aliphatic rings. The van der Waals surface area contributed by atoms with Crippen molar-refractivity contribution < 1.29 is 22.4 Å². The number of piperidine rings is 1. The lowest BCUT2D eigenvalue weighted by molar-refractivity contribution is -0.139. The second-order valence-electron chi connectivity index (χ2n) is 4.77. The van der Waals surface area contributed by atoms with E-state index in [1.165, 1.54) is 4.90 Å². The zero-order valence-electron chi connectivity index (χ0n) is 10.6. The molecule has 2 N–H and O–H groups in total. The number of carbonyl (C=O) groups is 1. The van der Waals surface area contributed by atoms with Crippen molar-refractivity contribution in [3.63, 3.8) is 0 Å². The third-order valence-electron chi connectivity index (χ3n) is 3.47. The molecular weight excluding hydrogens is 276 g/mol. The van der Waals surface area contributed by atoms with E-state index < -0.39 is 29.6 Å². The smallest absolute Gasteiger partial charge is 0.351 e. The van der Waals surface area contributed by atoms with Gasteiger partial charge in [0.2, 0.25) is 0 Å². The summed E-state index contributed by atoms with van der Waals surface area (Å²) in [6.07, 6.45) is -2.89. The standard InChI is InChI=1S/C13H14F4N2O/c14-8-4-5-9(10(7-8)13(15,16)17)11-3-1-2-6-19(11)12(18)20/h4-5,7,11H,1-3,6H2,(H2,18,20). The van der Waals surface area contributed by atoms with Gasteiger partial charge in [-0.2, -0.15) is 13.2 Å². The topological polar surface area (TPSA) is 46.3 Å². The fraction of sp³-hybridized carbons (Fsp3) is 0.462. The Morgan fingerprint density at radius 2 is 2.00 bits per heavy atom. The van der Waals surface area contributed by atoms with Crippen LogP contribution in [0.15, 0.2) is 18.2 Å².